The van der Waals surface area contributed by atoms with Gasteiger partial charge in [-0.3, -0.25) is 4.79 Å². The molecule has 4 heterocycles. The van der Waals surface area contributed by atoms with Gasteiger partial charge in [0.25, 0.3) is 0 Å². The fourth-order valence-corrected chi connectivity index (χ4v) is 7.79. The highest BCUT2D eigenvalue weighted by molar-refractivity contribution is 7.89. The highest BCUT2D eigenvalue weighted by Crippen LogP contribution is 2.47. The maximum atomic E-state index is 14.1. The lowest BCUT2D eigenvalue weighted by atomic mass is 9.77. The summed E-state index contributed by atoms with van der Waals surface area (Å²) in [6, 6.07) is 10.3. The summed E-state index contributed by atoms with van der Waals surface area (Å²) in [5, 5.41) is 3.22. The van der Waals surface area contributed by atoms with Crippen molar-refractivity contribution in [1.82, 2.24) is 9.62 Å². The summed E-state index contributed by atoms with van der Waals surface area (Å²) in [6.45, 7) is 4.38. The van der Waals surface area contributed by atoms with E-state index < -0.39 is 27.2 Å². The van der Waals surface area contributed by atoms with E-state index in [1.54, 1.807) is 18.2 Å². The Morgan fingerprint density at radius 1 is 0.857 bits per heavy atom. The molecule has 8 nitrogen and oxygen atoms in total. The molecular formula is C30H39F3N4O4S. The van der Waals surface area contributed by atoms with Crippen LogP contribution in [0.15, 0.2) is 47.4 Å². The maximum Gasteiger partial charge on any atom is 0.418 e. The van der Waals surface area contributed by atoms with Crippen molar-refractivity contribution in [3.8, 4) is 5.75 Å². The molecule has 2 aromatic rings. The molecule has 1 N–H and O–H groups in total. The van der Waals surface area contributed by atoms with Crippen LogP contribution < -0.4 is 19.9 Å². The van der Waals surface area contributed by atoms with Crippen molar-refractivity contribution >= 4 is 27.3 Å². The van der Waals surface area contributed by atoms with Gasteiger partial charge in [-0.15, -0.1) is 0 Å². The first-order chi connectivity index (χ1) is 20.0. The molecule has 4 saturated heterocycles. The van der Waals surface area contributed by atoms with Crippen molar-refractivity contribution in [3.63, 3.8) is 0 Å². The van der Waals surface area contributed by atoms with E-state index in [0.717, 1.165) is 32.0 Å². The fraction of sp³-hybridized carbons (Fsp3) is 0.567. The van der Waals surface area contributed by atoms with E-state index in [1.165, 1.54) is 60.4 Å². The SMILES string of the molecule is C1CCNC1.COc1ccc(S(=O)(=O)N2CCC3(CCN(c4ccc(N5CCCC5)cc4C(F)(F)F)C3=O)CC2)cc1. The zero-order chi connectivity index (χ0) is 30.0. The van der Waals surface area contributed by atoms with Crippen LogP contribution >= 0.6 is 0 Å². The molecule has 0 atom stereocenters. The van der Waals surface area contributed by atoms with E-state index >= 15 is 0 Å². The van der Waals surface area contributed by atoms with E-state index in [0.29, 0.717) is 17.9 Å². The van der Waals surface area contributed by atoms with Gasteiger partial charge in [0.15, 0.2) is 0 Å². The van der Waals surface area contributed by atoms with E-state index in [-0.39, 0.29) is 49.0 Å². The lowest BCUT2D eigenvalue weighted by Crippen LogP contribution is -2.46. The topological polar surface area (TPSA) is 82.2 Å². The minimum Gasteiger partial charge on any atom is -0.497 e. The highest BCUT2D eigenvalue weighted by atomic mass is 32.2. The number of hydrogen-bond acceptors (Lipinski definition) is 6. The maximum absolute atomic E-state index is 14.1. The number of amides is 1. The Morgan fingerprint density at radius 2 is 1.48 bits per heavy atom. The minimum atomic E-state index is -4.60. The summed E-state index contributed by atoms with van der Waals surface area (Å²) in [5.74, 6) is 0.188. The van der Waals surface area contributed by atoms with E-state index in [4.69, 9.17) is 4.74 Å². The van der Waals surface area contributed by atoms with Crippen LogP contribution in [0.4, 0.5) is 24.5 Å². The Kier molecular flexibility index (Phi) is 9.05. The zero-order valence-electron chi connectivity index (χ0n) is 24.0. The Labute approximate surface area is 245 Å². The van der Waals surface area contributed by atoms with Crippen molar-refractivity contribution in [3.05, 3.63) is 48.0 Å². The van der Waals surface area contributed by atoms with Crippen molar-refractivity contribution in [1.29, 1.82) is 0 Å². The van der Waals surface area contributed by atoms with Crippen LogP contribution in [-0.4, -0.2) is 71.6 Å². The standard InChI is InChI=1S/C26H30F3N3O4S.C4H9N/c1-36-20-5-7-21(8-6-20)37(34,35)31-15-10-25(11-16-31)12-17-32(24(25)33)23-9-4-19(30-13-2-3-14-30)18-22(23)26(27,28)29;1-2-4-5-3-1/h4-9,18H,2-3,10-17H2,1H3;5H,1-4H2. The number of nitrogens with zero attached hydrogens (tertiary/aromatic N) is 3. The number of alkyl halides is 3. The number of methoxy groups -OCH3 is 1. The van der Waals surface area contributed by atoms with Gasteiger partial charge in [0.2, 0.25) is 15.9 Å². The Bertz CT molecular complexity index is 1340. The van der Waals surface area contributed by atoms with Crippen molar-refractivity contribution in [2.24, 2.45) is 5.41 Å². The summed E-state index contributed by atoms with van der Waals surface area (Å²) in [5.41, 5.74) is -1.26. The number of carbonyl (C=O) groups is 1. The summed E-state index contributed by atoms with van der Waals surface area (Å²) in [6.07, 6.45) is 1.00. The third-order valence-corrected chi connectivity index (χ3v) is 10.8. The molecule has 1 spiro atoms. The Hall–Kier alpha value is -2.83. The third kappa shape index (κ3) is 6.26. The van der Waals surface area contributed by atoms with Crippen LogP contribution in [0.5, 0.6) is 5.75 Å². The summed E-state index contributed by atoms with van der Waals surface area (Å²) in [7, 11) is -2.26. The number of halogens is 3. The average molecular weight is 609 g/mol. The molecule has 0 aromatic heterocycles. The second kappa shape index (κ2) is 12.4. The molecule has 230 valence electrons. The summed E-state index contributed by atoms with van der Waals surface area (Å²) < 4.78 is 74.9. The molecule has 4 aliphatic heterocycles. The summed E-state index contributed by atoms with van der Waals surface area (Å²) in [4.78, 5) is 16.9. The number of anilines is 2. The number of sulfonamides is 1. The Morgan fingerprint density at radius 3 is 2.02 bits per heavy atom. The molecule has 1 amide bonds. The number of benzene rings is 2. The molecule has 0 bridgehead atoms. The molecule has 6 rings (SSSR count). The largest absolute Gasteiger partial charge is 0.497 e. The molecule has 0 unspecified atom stereocenters. The van der Waals surface area contributed by atoms with Gasteiger partial charge < -0.3 is 19.9 Å². The van der Waals surface area contributed by atoms with Crippen molar-refractivity contribution in [2.45, 2.75) is 56.0 Å². The minimum absolute atomic E-state index is 0.120. The first-order valence-corrected chi connectivity index (χ1v) is 16.1. The zero-order valence-corrected chi connectivity index (χ0v) is 24.8. The smallest absolute Gasteiger partial charge is 0.418 e. The van der Waals surface area contributed by atoms with Gasteiger partial charge in [-0.05, 0) is 100 Å². The van der Waals surface area contributed by atoms with Crippen LogP contribution in [0.2, 0.25) is 0 Å². The second-order valence-electron chi connectivity index (χ2n) is 11.4. The lowest BCUT2D eigenvalue weighted by Gasteiger charge is -2.37. The molecule has 0 aliphatic carbocycles. The van der Waals surface area contributed by atoms with Gasteiger partial charge in [-0.1, -0.05) is 0 Å². The van der Waals surface area contributed by atoms with Crippen molar-refractivity contribution < 1.29 is 31.1 Å². The van der Waals surface area contributed by atoms with E-state index in [2.05, 4.69) is 5.32 Å². The molecular weight excluding hydrogens is 569 g/mol. The van der Waals surface area contributed by atoms with Gasteiger partial charge >= 0.3 is 6.18 Å². The summed E-state index contributed by atoms with van der Waals surface area (Å²) >= 11 is 0. The van der Waals surface area contributed by atoms with E-state index in [9.17, 15) is 26.4 Å². The molecule has 4 aliphatic rings. The average Bonchev–Trinajstić information content (AvgIpc) is 3.78. The molecule has 12 heteroatoms. The fourth-order valence-electron chi connectivity index (χ4n) is 6.35. The van der Waals surface area contributed by atoms with Crippen LogP contribution in [-0.2, 0) is 21.0 Å². The van der Waals surface area contributed by atoms with Gasteiger partial charge in [-0.25, -0.2) is 8.42 Å². The number of ether oxygens (including phenoxy) is 1. The molecule has 4 fully saturated rings. The number of hydrogen-bond donors (Lipinski definition) is 1. The molecule has 0 radical (unpaired) electrons. The molecule has 0 saturated carbocycles. The number of rotatable bonds is 5. The normalized spacial score (nSPS) is 21.1. The predicted molar refractivity (Wildman–Crippen MR) is 155 cm³/mol. The lowest BCUT2D eigenvalue weighted by molar-refractivity contribution is -0.137. The Balaban J connectivity index is 0.000000639. The first-order valence-electron chi connectivity index (χ1n) is 14.7. The van der Waals surface area contributed by atoms with Gasteiger partial charge in [0, 0.05) is 38.4 Å². The van der Waals surface area contributed by atoms with Gasteiger partial charge in [0.1, 0.15) is 5.75 Å². The van der Waals surface area contributed by atoms with E-state index in [1.807, 2.05) is 4.90 Å². The first kappa shape index (κ1) is 30.6. The van der Waals surface area contributed by atoms with Gasteiger partial charge in [0.05, 0.1) is 28.7 Å². The van der Waals surface area contributed by atoms with Crippen LogP contribution in [0.3, 0.4) is 0 Å². The number of nitrogens with one attached hydrogen (secondary N) is 1. The second-order valence-corrected chi connectivity index (χ2v) is 13.4. The molecule has 2 aromatic carbocycles. The predicted octanol–water partition coefficient (Wildman–Crippen LogP) is 4.89. The quantitative estimate of drug-likeness (QED) is 0.521. The van der Waals surface area contributed by atoms with Crippen LogP contribution in [0, 0.1) is 5.41 Å². The number of piperidine rings is 1. The van der Waals surface area contributed by atoms with Gasteiger partial charge in [-0.2, -0.15) is 17.5 Å². The molecule has 42 heavy (non-hydrogen) atoms. The monoisotopic (exact) mass is 608 g/mol. The third-order valence-electron chi connectivity index (χ3n) is 8.89. The van der Waals surface area contributed by atoms with Crippen LogP contribution in [0.1, 0.15) is 50.5 Å². The highest BCUT2D eigenvalue weighted by Gasteiger charge is 2.51. The van der Waals surface area contributed by atoms with Crippen molar-refractivity contribution in [2.75, 3.05) is 62.7 Å². The van der Waals surface area contributed by atoms with Crippen LogP contribution in [0.25, 0.3) is 0 Å². The number of carbonyl (C=O) groups excluding carboxylic acids is 1.